The van der Waals surface area contributed by atoms with E-state index in [1.54, 1.807) is 39.6 Å². The molecule has 2 aromatic heterocycles. The van der Waals surface area contributed by atoms with Crippen molar-refractivity contribution in [3.63, 3.8) is 0 Å². The number of aryl methyl sites for hydroxylation is 1. The maximum absolute atomic E-state index is 13.1. The Morgan fingerprint density at radius 3 is 2.51 bits per heavy atom. The van der Waals surface area contributed by atoms with Crippen LogP contribution in [-0.2, 0) is 16.4 Å². The molecule has 182 valence electrons. The number of fused-ring (bicyclic) bond motifs is 1. The molecule has 4 aromatic rings. The minimum atomic E-state index is -4.02. The Kier molecular flexibility index (Phi) is 6.61. The van der Waals surface area contributed by atoms with Crippen molar-refractivity contribution in [2.45, 2.75) is 18.2 Å². The van der Waals surface area contributed by atoms with Crippen molar-refractivity contribution in [2.24, 2.45) is 0 Å². The molecule has 0 spiro atoms. The lowest BCUT2D eigenvalue weighted by Gasteiger charge is -2.15. The van der Waals surface area contributed by atoms with Crippen molar-refractivity contribution in [3.8, 4) is 5.75 Å². The molecule has 0 saturated heterocycles. The normalized spacial score (nSPS) is 11.3. The van der Waals surface area contributed by atoms with E-state index < -0.39 is 10.0 Å². The van der Waals surface area contributed by atoms with Crippen molar-refractivity contribution in [1.29, 1.82) is 0 Å². The highest BCUT2D eigenvalue weighted by Crippen LogP contribution is 2.33. The second kappa shape index (κ2) is 9.63. The van der Waals surface area contributed by atoms with Gasteiger partial charge in [-0.15, -0.1) is 0 Å². The number of nitrogens with zero attached hydrogens (tertiary/aromatic N) is 3. The monoisotopic (exact) mass is 495 g/mol. The van der Waals surface area contributed by atoms with Crippen LogP contribution < -0.4 is 14.8 Å². The van der Waals surface area contributed by atoms with Crippen LogP contribution in [0.4, 0.5) is 17.3 Å². The summed E-state index contributed by atoms with van der Waals surface area (Å²) in [6, 6.07) is 11.0. The first-order chi connectivity index (χ1) is 16.7. The summed E-state index contributed by atoms with van der Waals surface area (Å²) in [5, 5.41) is 3.94. The number of aromatic nitrogens is 2. The van der Waals surface area contributed by atoms with Crippen LogP contribution in [0.3, 0.4) is 0 Å². The number of ether oxygens (including phenoxy) is 1. The summed E-state index contributed by atoms with van der Waals surface area (Å²) >= 11 is 0. The Bertz CT molecular complexity index is 1480. The number of carbonyl (C=O) groups is 1. The van der Waals surface area contributed by atoms with Crippen LogP contribution in [0.15, 0.2) is 64.2 Å². The first-order valence-corrected chi connectivity index (χ1v) is 12.2. The summed E-state index contributed by atoms with van der Waals surface area (Å²) in [5.41, 5.74) is 2.15. The number of nitrogens with one attached hydrogen (secondary N) is 2. The molecule has 0 saturated carbocycles. The molecule has 0 fully saturated rings. The maximum Gasteiger partial charge on any atom is 0.263 e. The molecule has 4 rings (SSSR count). The predicted molar refractivity (Wildman–Crippen MR) is 133 cm³/mol. The van der Waals surface area contributed by atoms with Crippen molar-refractivity contribution in [3.05, 3.63) is 66.2 Å². The molecule has 0 aliphatic heterocycles. The average Bonchev–Trinajstić information content (AvgIpc) is 3.33. The van der Waals surface area contributed by atoms with E-state index in [2.05, 4.69) is 20.0 Å². The topological polar surface area (TPSA) is 127 Å². The van der Waals surface area contributed by atoms with Crippen LogP contribution in [0.5, 0.6) is 5.75 Å². The zero-order valence-electron chi connectivity index (χ0n) is 19.7. The molecule has 0 atom stereocenters. The van der Waals surface area contributed by atoms with Crippen LogP contribution in [0.1, 0.15) is 23.0 Å². The zero-order valence-corrected chi connectivity index (χ0v) is 20.5. The molecule has 0 aliphatic carbocycles. The molecule has 10 nitrogen and oxygen atoms in total. The molecule has 0 radical (unpaired) electrons. The summed E-state index contributed by atoms with van der Waals surface area (Å²) in [6.07, 6.45) is 3.66. The van der Waals surface area contributed by atoms with Gasteiger partial charge in [0.2, 0.25) is 0 Å². The number of hydrogen-bond acceptors (Lipinski definition) is 8. The van der Waals surface area contributed by atoms with Gasteiger partial charge in [-0.2, -0.15) is 0 Å². The van der Waals surface area contributed by atoms with Gasteiger partial charge in [-0.1, -0.05) is 6.92 Å². The van der Waals surface area contributed by atoms with Gasteiger partial charge in [0, 0.05) is 31.1 Å². The van der Waals surface area contributed by atoms with Crippen LogP contribution in [0.2, 0.25) is 0 Å². The highest BCUT2D eigenvalue weighted by molar-refractivity contribution is 7.92. The Labute approximate surface area is 203 Å². The van der Waals surface area contributed by atoms with Crippen molar-refractivity contribution in [1.82, 2.24) is 14.9 Å². The summed E-state index contributed by atoms with van der Waals surface area (Å²) in [4.78, 5) is 22.3. The van der Waals surface area contributed by atoms with Gasteiger partial charge in [0.25, 0.3) is 15.9 Å². The van der Waals surface area contributed by atoms with E-state index in [1.165, 1.54) is 35.4 Å². The average molecular weight is 496 g/mol. The number of furan rings is 1. The highest BCUT2D eigenvalue weighted by Gasteiger charge is 2.20. The predicted octanol–water partition coefficient (Wildman–Crippen LogP) is 4.04. The van der Waals surface area contributed by atoms with Crippen LogP contribution in [0, 0.1) is 0 Å². The second-order valence-electron chi connectivity index (χ2n) is 7.88. The Balaban J connectivity index is 1.69. The van der Waals surface area contributed by atoms with E-state index in [-0.39, 0.29) is 22.4 Å². The summed E-state index contributed by atoms with van der Waals surface area (Å²) in [7, 11) is 0.786. The molecular formula is C24H25N5O5S. The van der Waals surface area contributed by atoms with Crippen LogP contribution in [0.25, 0.3) is 11.0 Å². The van der Waals surface area contributed by atoms with Gasteiger partial charge in [-0.05, 0) is 42.8 Å². The fraction of sp³-hybridized carbons (Fsp3) is 0.208. The fourth-order valence-corrected chi connectivity index (χ4v) is 4.39. The molecule has 11 heteroatoms. The van der Waals surface area contributed by atoms with Gasteiger partial charge in [0.1, 0.15) is 5.75 Å². The standard InChI is InChI=1S/C24H25N5O5S/c1-5-17-14-25-22(28-35(31,32)19-8-6-15(7-9-19)24(30)29(2)3)23(26-17)27-20-13-18(33-4)12-16-10-11-34-21(16)20/h6-14H,5H2,1-4H3,(H,25,28)(H,26,27). The quantitative estimate of drug-likeness (QED) is 0.375. The molecule has 2 N–H and O–H groups in total. The van der Waals surface area contributed by atoms with Crippen LogP contribution in [-0.4, -0.2) is 50.4 Å². The van der Waals surface area contributed by atoms with Crippen molar-refractivity contribution in [2.75, 3.05) is 31.2 Å². The highest BCUT2D eigenvalue weighted by atomic mass is 32.2. The molecule has 0 bridgehead atoms. The number of rotatable bonds is 8. The van der Waals surface area contributed by atoms with Gasteiger partial charge in [0.05, 0.1) is 35.8 Å². The third-order valence-corrected chi connectivity index (χ3v) is 6.60. The third-order valence-electron chi connectivity index (χ3n) is 5.25. The molecule has 1 amide bonds. The van der Waals surface area contributed by atoms with Gasteiger partial charge in [-0.3, -0.25) is 9.52 Å². The number of hydrogen-bond donors (Lipinski definition) is 2. The van der Waals surface area contributed by atoms with E-state index in [4.69, 9.17) is 9.15 Å². The molecule has 0 aliphatic rings. The SMILES string of the molecule is CCc1cnc(NS(=O)(=O)c2ccc(C(=O)N(C)C)cc2)c(Nc2cc(OC)cc3ccoc23)n1. The number of sulfonamides is 1. The number of anilines is 3. The third kappa shape index (κ3) is 5.04. The minimum absolute atomic E-state index is 0.0122. The van der Waals surface area contributed by atoms with Crippen molar-refractivity contribution >= 4 is 44.2 Å². The summed E-state index contributed by atoms with van der Waals surface area (Å²) < 4.78 is 39.7. The van der Waals surface area contributed by atoms with E-state index in [0.29, 0.717) is 34.7 Å². The largest absolute Gasteiger partial charge is 0.497 e. The minimum Gasteiger partial charge on any atom is -0.497 e. The number of benzene rings is 2. The number of methoxy groups -OCH3 is 1. The van der Waals surface area contributed by atoms with E-state index in [9.17, 15) is 13.2 Å². The van der Waals surface area contributed by atoms with Gasteiger partial charge in [-0.25, -0.2) is 18.4 Å². The Morgan fingerprint density at radius 2 is 1.86 bits per heavy atom. The first kappa shape index (κ1) is 24.0. The molecule has 35 heavy (non-hydrogen) atoms. The lowest BCUT2D eigenvalue weighted by Crippen LogP contribution is -2.22. The summed E-state index contributed by atoms with van der Waals surface area (Å²) in [6.45, 7) is 1.92. The van der Waals surface area contributed by atoms with Crippen molar-refractivity contribution < 1.29 is 22.4 Å². The van der Waals surface area contributed by atoms with E-state index in [0.717, 1.165) is 5.39 Å². The van der Waals surface area contributed by atoms with E-state index in [1.807, 2.05) is 13.0 Å². The molecule has 2 heterocycles. The molecule has 0 unspecified atom stereocenters. The van der Waals surface area contributed by atoms with Crippen LogP contribution >= 0.6 is 0 Å². The maximum atomic E-state index is 13.1. The van der Waals surface area contributed by atoms with Gasteiger partial charge >= 0.3 is 0 Å². The smallest absolute Gasteiger partial charge is 0.263 e. The zero-order chi connectivity index (χ0) is 25.2. The Hall–Kier alpha value is -4.12. The molecule has 2 aromatic carbocycles. The lowest BCUT2D eigenvalue weighted by molar-refractivity contribution is 0.0827. The fourth-order valence-electron chi connectivity index (χ4n) is 3.37. The second-order valence-corrected chi connectivity index (χ2v) is 9.56. The van der Waals surface area contributed by atoms with Gasteiger partial charge in [0.15, 0.2) is 17.2 Å². The first-order valence-electron chi connectivity index (χ1n) is 10.7. The number of carbonyl (C=O) groups excluding carboxylic acids is 1. The summed E-state index contributed by atoms with van der Waals surface area (Å²) in [5.74, 6) is 0.587. The Morgan fingerprint density at radius 1 is 1.11 bits per heavy atom. The molecular weight excluding hydrogens is 470 g/mol. The van der Waals surface area contributed by atoms with E-state index >= 15 is 0 Å². The number of amides is 1. The lowest BCUT2D eigenvalue weighted by atomic mass is 10.2. The van der Waals surface area contributed by atoms with Gasteiger partial charge < -0.3 is 19.4 Å².